The highest BCUT2D eigenvalue weighted by Crippen LogP contribution is 2.30. The maximum Gasteiger partial charge on any atom is 0.271 e. The Labute approximate surface area is 152 Å². The third-order valence-corrected chi connectivity index (χ3v) is 4.20. The molecule has 0 saturated carbocycles. The quantitative estimate of drug-likeness (QED) is 0.453. The summed E-state index contributed by atoms with van der Waals surface area (Å²) in [5.74, 6) is 1.70. The van der Waals surface area contributed by atoms with Gasteiger partial charge in [0.2, 0.25) is 0 Å². The van der Waals surface area contributed by atoms with Crippen LogP contribution in [-0.4, -0.2) is 32.4 Å². The van der Waals surface area contributed by atoms with Crippen LogP contribution in [0, 0.1) is 3.57 Å². The third kappa shape index (κ3) is 3.78. The molecular weight excluding hydrogens is 423 g/mol. The Balaban J connectivity index is 1.66. The molecule has 1 aliphatic rings. The Hall–Kier alpha value is -2.29. The predicted molar refractivity (Wildman–Crippen MR) is 98.2 cm³/mol. The molecule has 0 aromatic heterocycles. The van der Waals surface area contributed by atoms with Crippen LogP contribution in [0.4, 0.5) is 0 Å². The summed E-state index contributed by atoms with van der Waals surface area (Å²) in [5.41, 5.74) is 3.83. The van der Waals surface area contributed by atoms with E-state index in [-0.39, 0.29) is 5.91 Å². The maximum absolute atomic E-state index is 12.1. The Morgan fingerprint density at radius 1 is 1.21 bits per heavy atom. The first-order chi connectivity index (χ1) is 11.7. The zero-order chi connectivity index (χ0) is 16.9. The number of ether oxygens (including phenoxy) is 3. The molecule has 0 spiro atoms. The van der Waals surface area contributed by atoms with Crippen LogP contribution >= 0.6 is 22.6 Å². The number of benzene rings is 2. The molecule has 0 saturated heterocycles. The zero-order valence-electron chi connectivity index (χ0n) is 12.9. The van der Waals surface area contributed by atoms with Gasteiger partial charge in [-0.25, -0.2) is 5.43 Å². The van der Waals surface area contributed by atoms with Gasteiger partial charge in [-0.3, -0.25) is 4.79 Å². The molecule has 3 rings (SSSR count). The minimum absolute atomic E-state index is 0.313. The van der Waals surface area contributed by atoms with Crippen molar-refractivity contribution in [3.05, 3.63) is 51.1 Å². The van der Waals surface area contributed by atoms with Gasteiger partial charge >= 0.3 is 0 Å². The smallest absolute Gasteiger partial charge is 0.271 e. The van der Waals surface area contributed by atoms with Crippen LogP contribution in [0.2, 0.25) is 0 Å². The molecule has 0 atom stereocenters. The second-order valence-corrected chi connectivity index (χ2v) is 6.11. The highest BCUT2D eigenvalue weighted by Gasteiger charge is 2.14. The van der Waals surface area contributed by atoms with Crippen molar-refractivity contribution in [2.75, 3.05) is 20.3 Å². The van der Waals surface area contributed by atoms with E-state index in [1.165, 1.54) is 0 Å². The minimum Gasteiger partial charge on any atom is -0.496 e. The Bertz CT molecular complexity index is 792. The van der Waals surface area contributed by atoms with Crippen LogP contribution in [-0.2, 0) is 0 Å². The van der Waals surface area contributed by atoms with Gasteiger partial charge in [-0.05, 0) is 64.6 Å². The molecule has 2 aromatic rings. The summed E-state index contributed by atoms with van der Waals surface area (Å²) >= 11 is 2.18. The number of carbonyl (C=O) groups is 1. The number of rotatable bonds is 4. The van der Waals surface area contributed by atoms with E-state index < -0.39 is 0 Å². The van der Waals surface area contributed by atoms with E-state index in [1.54, 1.807) is 31.5 Å². The molecule has 0 bridgehead atoms. The van der Waals surface area contributed by atoms with E-state index in [9.17, 15) is 4.79 Å². The number of hydrogen-bond donors (Lipinski definition) is 1. The van der Waals surface area contributed by atoms with Gasteiger partial charge in [0.05, 0.1) is 16.9 Å². The van der Waals surface area contributed by atoms with Gasteiger partial charge in [0.25, 0.3) is 5.91 Å². The summed E-state index contributed by atoms with van der Waals surface area (Å²) in [7, 11) is 1.62. The molecule has 1 aliphatic heterocycles. The Kier molecular flexibility index (Phi) is 5.19. The third-order valence-electron chi connectivity index (χ3n) is 3.36. The molecule has 1 N–H and O–H groups in total. The van der Waals surface area contributed by atoms with E-state index in [4.69, 9.17) is 14.2 Å². The van der Waals surface area contributed by atoms with Crippen LogP contribution in [0.15, 0.2) is 41.5 Å². The normalized spacial score (nSPS) is 12.9. The summed E-state index contributed by atoms with van der Waals surface area (Å²) in [6, 6.07) is 10.7. The molecular formula is C17H15IN2O4. The van der Waals surface area contributed by atoms with Crippen LogP contribution in [0.5, 0.6) is 17.2 Å². The second kappa shape index (κ2) is 7.52. The molecule has 2 aromatic carbocycles. The standard InChI is InChI=1S/C17H15IN2O4/c1-22-14-4-2-11(8-13(14)18)10-19-20-17(21)12-3-5-15-16(9-12)24-7-6-23-15/h2-5,8-10H,6-7H2,1H3,(H,20,21). The molecule has 24 heavy (non-hydrogen) atoms. The predicted octanol–water partition coefficient (Wildman–Crippen LogP) is 2.83. The van der Waals surface area contributed by atoms with Gasteiger partial charge in [0, 0.05) is 5.56 Å². The molecule has 124 valence electrons. The number of carbonyl (C=O) groups excluding carboxylic acids is 1. The van der Waals surface area contributed by atoms with E-state index >= 15 is 0 Å². The Morgan fingerprint density at radius 2 is 2.00 bits per heavy atom. The number of nitrogens with one attached hydrogen (secondary N) is 1. The highest BCUT2D eigenvalue weighted by atomic mass is 127. The molecule has 1 amide bonds. The average Bonchev–Trinajstić information content (AvgIpc) is 2.61. The van der Waals surface area contributed by atoms with E-state index in [2.05, 4.69) is 33.1 Å². The molecule has 1 heterocycles. The molecule has 6 nitrogen and oxygen atoms in total. The summed E-state index contributed by atoms with van der Waals surface area (Å²) in [5, 5.41) is 3.99. The fourth-order valence-electron chi connectivity index (χ4n) is 2.18. The van der Waals surface area contributed by atoms with E-state index in [1.807, 2.05) is 18.2 Å². The first kappa shape index (κ1) is 16.6. The number of hydrogen-bond acceptors (Lipinski definition) is 5. The molecule has 0 unspecified atom stereocenters. The van der Waals surface area contributed by atoms with Crippen LogP contribution in [0.3, 0.4) is 0 Å². The van der Waals surface area contributed by atoms with Crippen molar-refractivity contribution in [1.29, 1.82) is 0 Å². The van der Waals surface area contributed by atoms with Crippen LogP contribution in [0.1, 0.15) is 15.9 Å². The van der Waals surface area contributed by atoms with Crippen LogP contribution in [0.25, 0.3) is 0 Å². The topological polar surface area (TPSA) is 69.2 Å². The summed E-state index contributed by atoms with van der Waals surface area (Å²) in [6.07, 6.45) is 1.58. The number of halogens is 1. The van der Waals surface area contributed by atoms with E-state index in [0.29, 0.717) is 30.3 Å². The maximum atomic E-state index is 12.1. The number of hydrazone groups is 1. The van der Waals surface area contributed by atoms with Crippen molar-refractivity contribution in [3.63, 3.8) is 0 Å². The van der Waals surface area contributed by atoms with Gasteiger partial charge < -0.3 is 14.2 Å². The lowest BCUT2D eigenvalue weighted by Crippen LogP contribution is -2.19. The van der Waals surface area contributed by atoms with Crippen molar-refractivity contribution >= 4 is 34.7 Å². The lowest BCUT2D eigenvalue weighted by molar-refractivity contribution is 0.0954. The highest BCUT2D eigenvalue weighted by molar-refractivity contribution is 14.1. The second-order valence-electron chi connectivity index (χ2n) is 4.95. The minimum atomic E-state index is -0.313. The lowest BCUT2D eigenvalue weighted by Gasteiger charge is -2.18. The van der Waals surface area contributed by atoms with Gasteiger partial charge in [0.1, 0.15) is 19.0 Å². The van der Waals surface area contributed by atoms with Crippen molar-refractivity contribution in [2.45, 2.75) is 0 Å². The number of amides is 1. The van der Waals surface area contributed by atoms with Crippen molar-refractivity contribution in [3.8, 4) is 17.2 Å². The van der Waals surface area contributed by atoms with Crippen molar-refractivity contribution in [2.24, 2.45) is 5.10 Å². The van der Waals surface area contributed by atoms with Crippen molar-refractivity contribution < 1.29 is 19.0 Å². The van der Waals surface area contributed by atoms with Gasteiger partial charge in [-0.1, -0.05) is 0 Å². The Morgan fingerprint density at radius 3 is 2.75 bits per heavy atom. The number of fused-ring (bicyclic) bond motifs is 1. The first-order valence-corrected chi connectivity index (χ1v) is 8.32. The summed E-state index contributed by atoms with van der Waals surface area (Å²) in [4.78, 5) is 12.1. The lowest BCUT2D eigenvalue weighted by atomic mass is 10.2. The number of nitrogens with zero attached hydrogens (tertiary/aromatic N) is 1. The molecule has 0 radical (unpaired) electrons. The molecule has 7 heteroatoms. The number of methoxy groups -OCH3 is 1. The summed E-state index contributed by atoms with van der Waals surface area (Å²) < 4.78 is 17.1. The van der Waals surface area contributed by atoms with Gasteiger partial charge in [0.15, 0.2) is 11.5 Å². The van der Waals surface area contributed by atoms with Gasteiger partial charge in [-0.2, -0.15) is 5.10 Å². The van der Waals surface area contributed by atoms with Crippen molar-refractivity contribution in [1.82, 2.24) is 5.43 Å². The summed E-state index contributed by atoms with van der Waals surface area (Å²) in [6.45, 7) is 0.996. The molecule has 0 aliphatic carbocycles. The monoisotopic (exact) mass is 438 g/mol. The largest absolute Gasteiger partial charge is 0.496 e. The average molecular weight is 438 g/mol. The first-order valence-electron chi connectivity index (χ1n) is 7.24. The zero-order valence-corrected chi connectivity index (χ0v) is 15.1. The fraction of sp³-hybridized carbons (Fsp3) is 0.176. The van der Waals surface area contributed by atoms with E-state index in [0.717, 1.165) is 14.9 Å². The van der Waals surface area contributed by atoms with Gasteiger partial charge in [-0.15, -0.1) is 0 Å². The SMILES string of the molecule is COc1ccc(C=NNC(=O)c2ccc3c(c2)OCCO3)cc1I. The van der Waals surface area contributed by atoms with Crippen LogP contribution < -0.4 is 19.6 Å². The molecule has 0 fully saturated rings. The fourth-order valence-corrected chi connectivity index (χ4v) is 2.94.